The monoisotopic (exact) mass is 353 g/mol. The van der Waals surface area contributed by atoms with E-state index < -0.39 is 0 Å². The average molecular weight is 354 g/mol. The first-order valence-corrected chi connectivity index (χ1v) is 9.37. The van der Waals surface area contributed by atoms with Crippen LogP contribution in [0.2, 0.25) is 0 Å². The average Bonchev–Trinajstić information content (AvgIpc) is 2.60. The van der Waals surface area contributed by atoms with Crippen molar-refractivity contribution in [3.8, 4) is 5.75 Å². The molecule has 0 aliphatic carbocycles. The number of carbonyl (C=O) groups is 1. The lowest BCUT2D eigenvalue weighted by atomic mass is 9.94. The van der Waals surface area contributed by atoms with Crippen LogP contribution in [0, 0.1) is 12.8 Å². The van der Waals surface area contributed by atoms with Gasteiger partial charge in [-0.25, -0.2) is 0 Å². The smallest absolute Gasteiger partial charge is 0.252 e. The van der Waals surface area contributed by atoms with E-state index >= 15 is 0 Å². The summed E-state index contributed by atoms with van der Waals surface area (Å²) in [5, 5.41) is 3.25. The molecule has 0 aliphatic heterocycles. The van der Waals surface area contributed by atoms with Gasteiger partial charge in [0.15, 0.2) is 0 Å². The Kier molecular flexibility index (Phi) is 6.84. The summed E-state index contributed by atoms with van der Waals surface area (Å²) in [7, 11) is 1.68. The van der Waals surface area contributed by atoms with E-state index in [0.717, 1.165) is 34.4 Å². The fourth-order valence-corrected chi connectivity index (χ4v) is 3.24. The molecule has 3 nitrogen and oxygen atoms in total. The fourth-order valence-electron chi connectivity index (χ4n) is 3.24. The summed E-state index contributed by atoms with van der Waals surface area (Å²) in [6.45, 7) is 10.5. The summed E-state index contributed by atoms with van der Waals surface area (Å²) >= 11 is 0. The van der Waals surface area contributed by atoms with Crippen LogP contribution in [0.25, 0.3) is 0 Å². The van der Waals surface area contributed by atoms with Gasteiger partial charge < -0.3 is 10.1 Å². The molecule has 0 spiro atoms. The van der Waals surface area contributed by atoms with Gasteiger partial charge >= 0.3 is 0 Å². The number of benzene rings is 2. The molecule has 140 valence electrons. The van der Waals surface area contributed by atoms with Gasteiger partial charge in [-0.2, -0.15) is 0 Å². The third kappa shape index (κ3) is 4.87. The van der Waals surface area contributed by atoms with Gasteiger partial charge in [-0.15, -0.1) is 0 Å². The van der Waals surface area contributed by atoms with Gasteiger partial charge in [0.2, 0.25) is 0 Å². The second kappa shape index (κ2) is 8.88. The van der Waals surface area contributed by atoms with Crippen LogP contribution in [0.4, 0.5) is 0 Å². The van der Waals surface area contributed by atoms with Crippen molar-refractivity contribution < 1.29 is 9.53 Å². The lowest BCUT2D eigenvalue weighted by Gasteiger charge is -2.22. The number of aryl methyl sites for hydroxylation is 1. The van der Waals surface area contributed by atoms with Crippen molar-refractivity contribution >= 4 is 5.91 Å². The number of rotatable bonds is 7. The minimum atomic E-state index is -0.0263. The molecule has 0 unspecified atom stereocenters. The molecule has 1 N–H and O–H groups in total. The molecule has 0 aliphatic rings. The summed E-state index contributed by atoms with van der Waals surface area (Å²) in [4.78, 5) is 13.1. The molecule has 1 amide bonds. The predicted molar refractivity (Wildman–Crippen MR) is 108 cm³/mol. The van der Waals surface area contributed by atoms with Crippen LogP contribution in [-0.2, 0) is 0 Å². The lowest BCUT2D eigenvalue weighted by Crippen LogP contribution is -2.30. The van der Waals surface area contributed by atoms with Gasteiger partial charge in [0.05, 0.1) is 13.2 Å². The zero-order chi connectivity index (χ0) is 19.3. The normalized spacial score (nSPS) is 12.3. The molecule has 0 saturated carbocycles. The molecule has 0 heterocycles. The number of ether oxygens (including phenoxy) is 1. The van der Waals surface area contributed by atoms with Crippen molar-refractivity contribution in [2.45, 2.75) is 53.0 Å². The zero-order valence-corrected chi connectivity index (χ0v) is 16.8. The second-order valence-corrected chi connectivity index (χ2v) is 7.63. The molecule has 3 heteroatoms. The molecule has 0 saturated heterocycles. The molecule has 2 rings (SSSR count). The van der Waals surface area contributed by atoms with Crippen molar-refractivity contribution in [3.05, 3.63) is 64.7 Å². The quantitative estimate of drug-likeness (QED) is 0.699. The van der Waals surface area contributed by atoms with E-state index in [1.165, 1.54) is 0 Å². The van der Waals surface area contributed by atoms with Gasteiger partial charge in [0.25, 0.3) is 5.91 Å². The molecule has 0 radical (unpaired) electrons. The van der Waals surface area contributed by atoms with Gasteiger partial charge in [-0.05, 0) is 54.0 Å². The van der Waals surface area contributed by atoms with Crippen molar-refractivity contribution in [1.82, 2.24) is 5.32 Å². The van der Waals surface area contributed by atoms with Crippen LogP contribution in [-0.4, -0.2) is 13.0 Å². The first-order valence-electron chi connectivity index (χ1n) is 9.37. The minimum absolute atomic E-state index is 0.00713. The molecule has 1 atom stereocenters. The maximum Gasteiger partial charge on any atom is 0.252 e. The van der Waals surface area contributed by atoms with Crippen molar-refractivity contribution in [2.75, 3.05) is 7.11 Å². The Morgan fingerprint density at radius 2 is 1.73 bits per heavy atom. The van der Waals surface area contributed by atoms with Crippen LogP contribution in [0.15, 0.2) is 42.5 Å². The Morgan fingerprint density at radius 3 is 2.27 bits per heavy atom. The SMILES string of the molecule is COc1cc(C)c(C(=O)N[C@@H](CC(C)C)c2ccccc2)cc1C(C)C. The molecule has 0 aromatic heterocycles. The van der Waals surface area contributed by atoms with Gasteiger partial charge in [-0.3, -0.25) is 4.79 Å². The van der Waals surface area contributed by atoms with E-state index in [9.17, 15) is 4.79 Å². The number of hydrogen-bond donors (Lipinski definition) is 1. The zero-order valence-electron chi connectivity index (χ0n) is 16.8. The molecule has 0 fully saturated rings. The summed E-state index contributed by atoms with van der Waals surface area (Å²) in [6.07, 6.45) is 0.905. The topological polar surface area (TPSA) is 38.3 Å². The Hall–Kier alpha value is -2.29. The highest BCUT2D eigenvalue weighted by Gasteiger charge is 2.20. The Morgan fingerprint density at radius 1 is 1.08 bits per heavy atom. The van der Waals surface area contributed by atoms with Gasteiger partial charge in [0, 0.05) is 5.56 Å². The van der Waals surface area contributed by atoms with Crippen LogP contribution >= 0.6 is 0 Å². The van der Waals surface area contributed by atoms with Crippen LogP contribution in [0.1, 0.15) is 73.1 Å². The largest absolute Gasteiger partial charge is 0.496 e. The van der Waals surface area contributed by atoms with Crippen LogP contribution < -0.4 is 10.1 Å². The van der Waals surface area contributed by atoms with Crippen molar-refractivity contribution in [3.63, 3.8) is 0 Å². The van der Waals surface area contributed by atoms with Gasteiger partial charge in [-0.1, -0.05) is 58.0 Å². The minimum Gasteiger partial charge on any atom is -0.496 e. The van der Waals surface area contributed by atoms with Gasteiger partial charge in [0.1, 0.15) is 5.75 Å². The predicted octanol–water partition coefficient (Wildman–Crippen LogP) is 5.64. The first kappa shape index (κ1) is 20.0. The molecule has 2 aromatic rings. The highest BCUT2D eigenvalue weighted by Crippen LogP contribution is 2.30. The van der Waals surface area contributed by atoms with E-state index in [4.69, 9.17) is 4.74 Å². The second-order valence-electron chi connectivity index (χ2n) is 7.63. The molecule has 2 aromatic carbocycles. The highest BCUT2D eigenvalue weighted by atomic mass is 16.5. The van der Waals surface area contributed by atoms with Crippen molar-refractivity contribution in [2.24, 2.45) is 5.92 Å². The Balaban J connectivity index is 2.33. The van der Waals surface area contributed by atoms with E-state index in [1.54, 1.807) is 7.11 Å². The molecular formula is C23H31NO2. The summed E-state index contributed by atoms with van der Waals surface area (Å²) in [6, 6.07) is 14.1. The summed E-state index contributed by atoms with van der Waals surface area (Å²) in [5.41, 5.74) is 3.85. The lowest BCUT2D eigenvalue weighted by molar-refractivity contribution is 0.0931. The molecular weight excluding hydrogens is 322 g/mol. The third-order valence-electron chi connectivity index (χ3n) is 4.66. The first-order chi connectivity index (χ1) is 12.3. The molecule has 0 bridgehead atoms. The Bertz CT molecular complexity index is 735. The third-order valence-corrected chi connectivity index (χ3v) is 4.66. The number of amides is 1. The summed E-state index contributed by atoms with van der Waals surface area (Å²) < 4.78 is 5.49. The fraction of sp³-hybridized carbons (Fsp3) is 0.435. The maximum absolute atomic E-state index is 13.1. The van der Waals surface area contributed by atoms with Crippen LogP contribution in [0.5, 0.6) is 5.75 Å². The number of methoxy groups -OCH3 is 1. The van der Waals surface area contributed by atoms with E-state index in [-0.39, 0.29) is 17.9 Å². The van der Waals surface area contributed by atoms with Crippen molar-refractivity contribution in [1.29, 1.82) is 0 Å². The highest BCUT2D eigenvalue weighted by molar-refractivity contribution is 5.96. The summed E-state index contributed by atoms with van der Waals surface area (Å²) in [5.74, 6) is 1.60. The molecule has 26 heavy (non-hydrogen) atoms. The number of carbonyl (C=O) groups excluding carboxylic acids is 1. The maximum atomic E-state index is 13.1. The number of nitrogens with one attached hydrogen (secondary N) is 1. The van der Waals surface area contributed by atoms with E-state index in [0.29, 0.717) is 5.92 Å². The number of hydrogen-bond acceptors (Lipinski definition) is 2. The standard InChI is InChI=1S/C23H31NO2/c1-15(2)12-21(18-10-8-7-9-11-18)24-23(25)20-14-19(16(3)4)22(26-6)13-17(20)5/h7-11,13-16,21H,12H2,1-6H3,(H,24,25)/t21-/m0/s1. The van der Waals surface area contributed by atoms with E-state index in [2.05, 4.69) is 45.1 Å². The van der Waals surface area contributed by atoms with Crippen LogP contribution in [0.3, 0.4) is 0 Å². The Labute approximate surface area is 157 Å². The van der Waals surface area contributed by atoms with E-state index in [1.807, 2.05) is 37.3 Å².